The number of hydrogen-bond acceptors (Lipinski definition) is 6. The number of nitriles is 3. The summed E-state index contributed by atoms with van der Waals surface area (Å²) >= 11 is 0. The van der Waals surface area contributed by atoms with Gasteiger partial charge in [-0.1, -0.05) is 12.1 Å². The van der Waals surface area contributed by atoms with Crippen LogP contribution in [-0.2, 0) is 4.74 Å². The van der Waals surface area contributed by atoms with Gasteiger partial charge in [0, 0.05) is 31.0 Å². The summed E-state index contributed by atoms with van der Waals surface area (Å²) < 4.78 is 33.3. The van der Waals surface area contributed by atoms with Gasteiger partial charge in [-0.15, -0.1) is 0 Å². The smallest absolute Gasteiger partial charge is 0.410 e. The molecule has 1 aliphatic heterocycles. The van der Waals surface area contributed by atoms with Crippen LogP contribution in [-0.4, -0.2) is 30.7 Å². The number of benzene rings is 1. The van der Waals surface area contributed by atoms with Crippen LogP contribution >= 0.6 is 0 Å². The monoisotopic (exact) mass is 409 g/mol. The quantitative estimate of drug-likeness (QED) is 0.800. The number of carbonyl (C=O) groups excluding carboxylic acids is 1. The van der Waals surface area contributed by atoms with Crippen LogP contribution in [0.3, 0.4) is 0 Å². The van der Waals surface area contributed by atoms with E-state index in [4.69, 9.17) is 10.5 Å². The molecule has 3 rings (SSSR count). The predicted molar refractivity (Wildman–Crippen MR) is 99.8 cm³/mol. The Morgan fingerprint density at radius 1 is 1.33 bits per heavy atom. The second-order valence-electron chi connectivity index (χ2n) is 6.95. The largest absolute Gasteiger partial charge is 0.450 e. The molecule has 1 aliphatic carbocycles. The number of hydrogen-bond donors (Lipinski definition) is 1. The van der Waals surface area contributed by atoms with E-state index in [0.29, 0.717) is 11.6 Å². The van der Waals surface area contributed by atoms with Crippen LogP contribution in [0, 0.1) is 57.0 Å². The van der Waals surface area contributed by atoms with Crippen LogP contribution in [0.5, 0.6) is 0 Å². The maximum absolute atomic E-state index is 14.8. The van der Waals surface area contributed by atoms with E-state index in [2.05, 4.69) is 0 Å². The predicted octanol–water partition coefficient (Wildman–Crippen LogP) is 2.85. The zero-order valence-corrected chi connectivity index (χ0v) is 16.0. The van der Waals surface area contributed by atoms with Gasteiger partial charge < -0.3 is 15.4 Å². The van der Waals surface area contributed by atoms with E-state index in [9.17, 15) is 29.4 Å². The standard InChI is InChI=1S/C21H17F2N5O2/c1-2-30-20(29)28-6-5-13-15(8-24)19(27)21(10-25,11-26)18(16(13)9-28)14-4-3-12(22)7-17(14)23/h3-5,7,16,18H,2,6,9,27H2,1H3/t16-,18-/m1/s1. The van der Waals surface area contributed by atoms with Gasteiger partial charge in [-0.25, -0.2) is 13.6 Å². The van der Waals surface area contributed by atoms with Crippen molar-refractivity contribution in [2.75, 3.05) is 19.7 Å². The van der Waals surface area contributed by atoms with Crippen LogP contribution in [0.1, 0.15) is 18.4 Å². The molecular weight excluding hydrogens is 392 g/mol. The number of amides is 1. The third-order valence-corrected chi connectivity index (χ3v) is 5.49. The molecule has 0 unspecified atom stereocenters. The van der Waals surface area contributed by atoms with Crippen molar-refractivity contribution < 1.29 is 18.3 Å². The van der Waals surface area contributed by atoms with Crippen molar-refractivity contribution in [3.8, 4) is 18.2 Å². The minimum atomic E-state index is -2.08. The molecule has 2 aliphatic rings. The van der Waals surface area contributed by atoms with Gasteiger partial charge >= 0.3 is 6.09 Å². The van der Waals surface area contributed by atoms with E-state index < -0.39 is 35.0 Å². The summed E-state index contributed by atoms with van der Waals surface area (Å²) in [5, 5.41) is 29.5. The van der Waals surface area contributed by atoms with Crippen molar-refractivity contribution >= 4 is 6.09 Å². The fraction of sp³-hybridized carbons (Fsp3) is 0.333. The molecule has 1 heterocycles. The number of nitrogens with two attached hydrogens (primary N) is 1. The first kappa shape index (κ1) is 20.8. The number of halogens is 2. The van der Waals surface area contributed by atoms with Crippen molar-refractivity contribution in [3.63, 3.8) is 0 Å². The first-order chi connectivity index (χ1) is 14.3. The molecule has 1 aromatic carbocycles. The van der Waals surface area contributed by atoms with Gasteiger partial charge in [0.2, 0.25) is 0 Å². The maximum Gasteiger partial charge on any atom is 0.410 e. The highest BCUT2D eigenvalue weighted by atomic mass is 19.1. The molecule has 0 saturated carbocycles. The minimum Gasteiger partial charge on any atom is -0.450 e. The average molecular weight is 409 g/mol. The van der Waals surface area contributed by atoms with Gasteiger partial charge in [0.1, 0.15) is 17.7 Å². The van der Waals surface area contributed by atoms with E-state index in [1.807, 2.05) is 18.2 Å². The van der Waals surface area contributed by atoms with Gasteiger partial charge in [0.15, 0.2) is 5.41 Å². The van der Waals surface area contributed by atoms with Crippen molar-refractivity contribution in [3.05, 3.63) is 58.3 Å². The van der Waals surface area contributed by atoms with Crippen LogP contribution < -0.4 is 5.73 Å². The second-order valence-corrected chi connectivity index (χ2v) is 6.95. The Morgan fingerprint density at radius 3 is 2.60 bits per heavy atom. The Morgan fingerprint density at radius 2 is 2.03 bits per heavy atom. The summed E-state index contributed by atoms with van der Waals surface area (Å²) in [7, 11) is 0. The van der Waals surface area contributed by atoms with Gasteiger partial charge in [0.25, 0.3) is 0 Å². The van der Waals surface area contributed by atoms with Crippen LogP contribution in [0.4, 0.5) is 13.6 Å². The lowest BCUT2D eigenvalue weighted by atomic mass is 9.58. The molecule has 0 saturated heterocycles. The summed E-state index contributed by atoms with van der Waals surface area (Å²) in [5.74, 6) is -3.74. The van der Waals surface area contributed by atoms with Gasteiger partial charge in [-0.3, -0.25) is 0 Å². The molecule has 1 aromatic rings. The molecular formula is C21H17F2N5O2. The highest BCUT2D eigenvalue weighted by Crippen LogP contribution is 2.54. The lowest BCUT2D eigenvalue weighted by molar-refractivity contribution is 0.0997. The molecule has 0 bridgehead atoms. The zero-order chi connectivity index (χ0) is 22.1. The van der Waals surface area contributed by atoms with E-state index in [0.717, 1.165) is 12.1 Å². The fourth-order valence-electron chi connectivity index (χ4n) is 4.14. The maximum atomic E-state index is 14.8. The molecule has 152 valence electrons. The summed E-state index contributed by atoms with van der Waals surface area (Å²) in [5.41, 5.74) is 4.04. The molecule has 7 nitrogen and oxygen atoms in total. The molecule has 9 heteroatoms. The van der Waals surface area contributed by atoms with E-state index >= 15 is 0 Å². The first-order valence-electron chi connectivity index (χ1n) is 9.14. The van der Waals surface area contributed by atoms with Gasteiger partial charge in [0.05, 0.1) is 30.0 Å². The molecule has 30 heavy (non-hydrogen) atoms. The molecule has 2 N–H and O–H groups in total. The van der Waals surface area contributed by atoms with Crippen LogP contribution in [0.25, 0.3) is 0 Å². The molecule has 0 spiro atoms. The van der Waals surface area contributed by atoms with Crippen molar-refractivity contribution in [2.24, 2.45) is 17.1 Å². The number of allylic oxidation sites excluding steroid dienone is 2. The van der Waals surface area contributed by atoms with E-state index in [-0.39, 0.29) is 36.5 Å². The number of fused-ring (bicyclic) bond motifs is 1. The summed E-state index contributed by atoms with van der Waals surface area (Å²) in [6.45, 7) is 1.88. The lowest BCUT2D eigenvalue weighted by Crippen LogP contribution is -2.49. The van der Waals surface area contributed by atoms with Crippen molar-refractivity contribution in [2.45, 2.75) is 12.8 Å². The summed E-state index contributed by atoms with van der Waals surface area (Å²) in [6, 6.07) is 8.48. The highest BCUT2D eigenvalue weighted by Gasteiger charge is 2.55. The number of rotatable bonds is 2. The summed E-state index contributed by atoms with van der Waals surface area (Å²) in [6.07, 6.45) is 0.968. The average Bonchev–Trinajstić information content (AvgIpc) is 2.73. The highest BCUT2D eigenvalue weighted by molar-refractivity contribution is 5.69. The van der Waals surface area contributed by atoms with Crippen LogP contribution in [0.15, 0.2) is 41.1 Å². The Balaban J connectivity index is 2.27. The third kappa shape index (κ3) is 3.03. The van der Waals surface area contributed by atoms with Gasteiger partial charge in [-0.05, 0) is 24.1 Å². The zero-order valence-electron chi connectivity index (χ0n) is 16.0. The van der Waals surface area contributed by atoms with E-state index in [1.165, 1.54) is 4.90 Å². The minimum absolute atomic E-state index is 0.0320. The summed E-state index contributed by atoms with van der Waals surface area (Å²) in [4.78, 5) is 13.6. The van der Waals surface area contributed by atoms with Gasteiger partial charge in [-0.2, -0.15) is 15.8 Å². The Bertz CT molecular complexity index is 1080. The SMILES string of the molecule is CCOC(=O)N1CC=C2C(C#N)=C(N)C(C#N)(C#N)[C@H](c3ccc(F)cc3F)[C@@H]2C1. The van der Waals surface area contributed by atoms with Crippen molar-refractivity contribution in [1.29, 1.82) is 15.8 Å². The number of carbonyl (C=O) groups is 1. The number of nitrogens with zero attached hydrogens (tertiary/aromatic N) is 4. The Labute approximate surface area is 171 Å². The topological polar surface area (TPSA) is 127 Å². The Hall–Kier alpha value is -3.90. The molecule has 2 atom stereocenters. The lowest BCUT2D eigenvalue weighted by Gasteiger charge is -2.45. The normalized spacial score (nSPS) is 22.1. The van der Waals surface area contributed by atoms with Crippen LogP contribution in [0.2, 0.25) is 0 Å². The molecule has 1 amide bonds. The molecule has 0 radical (unpaired) electrons. The fourth-order valence-corrected chi connectivity index (χ4v) is 4.14. The first-order valence-corrected chi connectivity index (χ1v) is 9.14. The second kappa shape index (κ2) is 7.85. The van der Waals surface area contributed by atoms with Crippen molar-refractivity contribution in [1.82, 2.24) is 4.90 Å². The molecule has 0 fully saturated rings. The third-order valence-electron chi connectivity index (χ3n) is 5.49. The van der Waals surface area contributed by atoms with E-state index in [1.54, 1.807) is 13.0 Å². The Kier molecular flexibility index (Phi) is 5.45. The number of ether oxygens (including phenoxy) is 1. The molecule has 0 aromatic heterocycles.